The highest BCUT2D eigenvalue weighted by Crippen LogP contribution is 2.36. The van der Waals surface area contributed by atoms with Crippen molar-refractivity contribution in [2.75, 3.05) is 32.2 Å². The predicted molar refractivity (Wildman–Crippen MR) is 107 cm³/mol. The van der Waals surface area contributed by atoms with Gasteiger partial charge in [-0.05, 0) is 37.1 Å². The molecule has 1 atom stereocenters. The standard InChI is InChI=1S/C22H26N2O3/c1-16(2)15-27-20-12-7-5-10-18(20)21-23-19-11-6-4-9-17(19)22(25)24(21)13-8-14-26-3/h4-7,9-12,21,23H,1,8,13-15H2,2-3H3. The number of fused-ring (bicyclic) bond motifs is 1. The van der Waals surface area contributed by atoms with Gasteiger partial charge in [-0.25, -0.2) is 0 Å². The van der Waals surface area contributed by atoms with E-state index >= 15 is 0 Å². The normalized spacial score (nSPS) is 15.9. The molecule has 27 heavy (non-hydrogen) atoms. The van der Waals surface area contributed by atoms with E-state index < -0.39 is 0 Å². The Balaban J connectivity index is 1.96. The lowest BCUT2D eigenvalue weighted by molar-refractivity contribution is 0.0658. The Morgan fingerprint density at radius 3 is 2.70 bits per heavy atom. The molecule has 5 heteroatoms. The molecular weight excluding hydrogens is 340 g/mol. The smallest absolute Gasteiger partial charge is 0.257 e. The van der Waals surface area contributed by atoms with E-state index in [0.717, 1.165) is 29.0 Å². The number of rotatable bonds is 8. The van der Waals surface area contributed by atoms with E-state index in [-0.39, 0.29) is 12.1 Å². The Kier molecular flexibility index (Phi) is 6.14. The summed E-state index contributed by atoms with van der Waals surface area (Å²) < 4.78 is 11.1. The Hall–Kier alpha value is -2.79. The van der Waals surface area contributed by atoms with E-state index in [9.17, 15) is 4.79 Å². The van der Waals surface area contributed by atoms with Crippen LogP contribution < -0.4 is 10.1 Å². The first kappa shape index (κ1) is 19.0. The molecule has 3 rings (SSSR count). The maximum atomic E-state index is 13.2. The number of amides is 1. The van der Waals surface area contributed by atoms with E-state index in [2.05, 4.69) is 11.9 Å². The molecule has 0 spiro atoms. The highest BCUT2D eigenvalue weighted by atomic mass is 16.5. The van der Waals surface area contributed by atoms with Gasteiger partial charge < -0.3 is 19.7 Å². The van der Waals surface area contributed by atoms with Crippen molar-refractivity contribution in [3.05, 3.63) is 71.8 Å². The summed E-state index contributed by atoms with van der Waals surface area (Å²) in [6.07, 6.45) is 0.461. The van der Waals surface area contributed by atoms with Gasteiger partial charge in [0.05, 0.1) is 5.56 Å². The summed E-state index contributed by atoms with van der Waals surface area (Å²) in [6.45, 7) is 7.47. The summed E-state index contributed by atoms with van der Waals surface area (Å²) in [5.74, 6) is 0.766. The fourth-order valence-electron chi connectivity index (χ4n) is 3.19. The summed E-state index contributed by atoms with van der Waals surface area (Å²) >= 11 is 0. The molecule has 0 bridgehead atoms. The minimum atomic E-state index is -0.300. The van der Waals surface area contributed by atoms with Crippen LogP contribution >= 0.6 is 0 Å². The van der Waals surface area contributed by atoms with Crippen LogP contribution in [-0.4, -0.2) is 37.7 Å². The van der Waals surface area contributed by atoms with Gasteiger partial charge in [-0.2, -0.15) is 0 Å². The average molecular weight is 366 g/mol. The quantitative estimate of drug-likeness (QED) is 0.561. The number of nitrogens with zero attached hydrogens (tertiary/aromatic N) is 1. The van der Waals surface area contributed by atoms with Crippen LogP contribution in [0.15, 0.2) is 60.7 Å². The number of ether oxygens (including phenoxy) is 2. The highest BCUT2D eigenvalue weighted by molar-refractivity contribution is 6.01. The first-order chi connectivity index (χ1) is 13.1. The van der Waals surface area contributed by atoms with Crippen LogP contribution in [0.4, 0.5) is 5.69 Å². The molecule has 0 radical (unpaired) electrons. The zero-order valence-corrected chi connectivity index (χ0v) is 15.9. The summed E-state index contributed by atoms with van der Waals surface area (Å²) in [5.41, 5.74) is 3.40. The number of benzene rings is 2. The largest absolute Gasteiger partial charge is 0.489 e. The Bertz CT molecular complexity index is 819. The molecule has 0 aliphatic carbocycles. The van der Waals surface area contributed by atoms with Crippen molar-refractivity contribution >= 4 is 11.6 Å². The van der Waals surface area contributed by atoms with Gasteiger partial charge in [0.2, 0.25) is 0 Å². The zero-order valence-electron chi connectivity index (χ0n) is 15.9. The first-order valence-electron chi connectivity index (χ1n) is 9.13. The monoisotopic (exact) mass is 366 g/mol. The number of anilines is 1. The Morgan fingerprint density at radius 1 is 1.19 bits per heavy atom. The SMILES string of the molecule is C=C(C)COc1ccccc1C1Nc2ccccc2C(=O)N1CCCOC. The van der Waals surface area contributed by atoms with E-state index in [1.54, 1.807) is 7.11 Å². The van der Waals surface area contributed by atoms with Crippen molar-refractivity contribution < 1.29 is 14.3 Å². The molecule has 0 saturated heterocycles. The Labute approximate surface area is 160 Å². The third-order valence-corrected chi connectivity index (χ3v) is 4.46. The number of hydrogen-bond donors (Lipinski definition) is 1. The number of hydrogen-bond acceptors (Lipinski definition) is 4. The highest BCUT2D eigenvalue weighted by Gasteiger charge is 2.33. The topological polar surface area (TPSA) is 50.8 Å². The van der Waals surface area contributed by atoms with Crippen LogP contribution in [0.1, 0.15) is 35.4 Å². The van der Waals surface area contributed by atoms with Crippen LogP contribution in [0.2, 0.25) is 0 Å². The van der Waals surface area contributed by atoms with Gasteiger partial charge in [0.1, 0.15) is 18.5 Å². The van der Waals surface area contributed by atoms with Gasteiger partial charge in [-0.1, -0.05) is 36.9 Å². The number of carbonyl (C=O) groups excluding carboxylic acids is 1. The zero-order chi connectivity index (χ0) is 19.2. The molecule has 1 unspecified atom stereocenters. The summed E-state index contributed by atoms with van der Waals surface area (Å²) in [7, 11) is 1.67. The van der Waals surface area contributed by atoms with E-state index in [4.69, 9.17) is 9.47 Å². The lowest BCUT2D eigenvalue weighted by Crippen LogP contribution is -2.43. The molecule has 1 aliphatic rings. The van der Waals surface area contributed by atoms with Crippen molar-refractivity contribution in [2.24, 2.45) is 0 Å². The number of methoxy groups -OCH3 is 1. The van der Waals surface area contributed by atoms with Gasteiger partial charge in [-0.15, -0.1) is 0 Å². The number of carbonyl (C=O) groups is 1. The van der Waals surface area contributed by atoms with E-state index in [1.165, 1.54) is 0 Å². The number of para-hydroxylation sites is 2. The van der Waals surface area contributed by atoms with Gasteiger partial charge in [0.25, 0.3) is 5.91 Å². The number of nitrogens with one attached hydrogen (secondary N) is 1. The lowest BCUT2D eigenvalue weighted by Gasteiger charge is -2.38. The van der Waals surface area contributed by atoms with Crippen LogP contribution in [0, 0.1) is 0 Å². The molecule has 1 amide bonds. The van der Waals surface area contributed by atoms with Crippen molar-refractivity contribution in [3.63, 3.8) is 0 Å². The third kappa shape index (κ3) is 4.31. The fourth-order valence-corrected chi connectivity index (χ4v) is 3.19. The second-order valence-electron chi connectivity index (χ2n) is 6.72. The first-order valence-corrected chi connectivity index (χ1v) is 9.13. The third-order valence-electron chi connectivity index (χ3n) is 4.46. The molecule has 0 saturated carbocycles. The summed E-state index contributed by atoms with van der Waals surface area (Å²) in [6, 6.07) is 15.4. The average Bonchev–Trinajstić information content (AvgIpc) is 2.68. The van der Waals surface area contributed by atoms with Crippen molar-refractivity contribution in [1.29, 1.82) is 0 Å². The van der Waals surface area contributed by atoms with Crippen LogP contribution in [0.3, 0.4) is 0 Å². The van der Waals surface area contributed by atoms with Gasteiger partial charge in [0.15, 0.2) is 0 Å². The van der Waals surface area contributed by atoms with E-state index in [1.807, 2.05) is 60.4 Å². The maximum absolute atomic E-state index is 13.2. The molecule has 1 heterocycles. The molecule has 2 aromatic carbocycles. The van der Waals surface area contributed by atoms with Crippen LogP contribution in [0.5, 0.6) is 5.75 Å². The molecular formula is C22H26N2O3. The molecule has 142 valence electrons. The van der Waals surface area contributed by atoms with Gasteiger partial charge >= 0.3 is 0 Å². The molecule has 2 aromatic rings. The molecule has 5 nitrogen and oxygen atoms in total. The molecule has 1 aliphatic heterocycles. The molecule has 1 N–H and O–H groups in total. The van der Waals surface area contributed by atoms with Crippen molar-refractivity contribution in [2.45, 2.75) is 19.5 Å². The van der Waals surface area contributed by atoms with Crippen molar-refractivity contribution in [3.8, 4) is 5.75 Å². The van der Waals surface area contributed by atoms with E-state index in [0.29, 0.717) is 25.3 Å². The van der Waals surface area contributed by atoms with Gasteiger partial charge in [-0.3, -0.25) is 4.79 Å². The second-order valence-corrected chi connectivity index (χ2v) is 6.72. The molecule has 0 fully saturated rings. The minimum absolute atomic E-state index is 0.0140. The summed E-state index contributed by atoms with van der Waals surface area (Å²) in [5, 5.41) is 3.51. The predicted octanol–water partition coefficient (Wildman–Crippen LogP) is 4.24. The fraction of sp³-hybridized carbons (Fsp3) is 0.318. The van der Waals surface area contributed by atoms with Crippen molar-refractivity contribution in [1.82, 2.24) is 4.90 Å². The Morgan fingerprint density at radius 2 is 1.93 bits per heavy atom. The van der Waals surface area contributed by atoms with Crippen LogP contribution in [0.25, 0.3) is 0 Å². The van der Waals surface area contributed by atoms with Crippen LogP contribution in [-0.2, 0) is 4.74 Å². The second kappa shape index (κ2) is 8.73. The summed E-state index contributed by atoms with van der Waals surface area (Å²) in [4.78, 5) is 15.0. The molecule has 0 aromatic heterocycles. The maximum Gasteiger partial charge on any atom is 0.257 e. The lowest BCUT2D eigenvalue weighted by atomic mass is 10.0. The van der Waals surface area contributed by atoms with Gasteiger partial charge in [0, 0.05) is 31.5 Å². The minimum Gasteiger partial charge on any atom is -0.489 e.